The van der Waals surface area contributed by atoms with Gasteiger partial charge in [-0.25, -0.2) is 0 Å². The third kappa shape index (κ3) is 2.21. The van der Waals surface area contributed by atoms with E-state index in [4.69, 9.17) is 5.73 Å². The number of carbonyl (C=O) groups is 1. The Kier molecular flexibility index (Phi) is 3.56. The first-order valence-electron chi connectivity index (χ1n) is 4.25. The first kappa shape index (κ1) is 10.5. The molecule has 1 atom stereocenters. The fraction of sp³-hybridized carbons (Fsp3) is 0.889. The zero-order valence-electron chi connectivity index (χ0n) is 7.98. The molecule has 0 saturated carbocycles. The molecule has 0 bridgehead atoms. The molecule has 1 unspecified atom stereocenters. The molecule has 2 heteroatoms. The van der Waals surface area contributed by atoms with E-state index < -0.39 is 0 Å². The second kappa shape index (κ2) is 3.74. The summed E-state index contributed by atoms with van der Waals surface area (Å²) < 4.78 is 0. The zero-order chi connectivity index (χ0) is 9.07. The summed E-state index contributed by atoms with van der Waals surface area (Å²) in [6, 6.07) is 0. The van der Waals surface area contributed by atoms with Crippen LogP contribution in [0, 0.1) is 11.3 Å². The molecule has 0 saturated heterocycles. The standard InChI is InChI=1S/C9H19NO/c1-5-6-9(4,7(2)3)8(10)11/h7H,5-6H2,1-4H3,(H2,10,11). The third-order valence-electron chi connectivity index (χ3n) is 2.61. The highest BCUT2D eigenvalue weighted by molar-refractivity contribution is 5.80. The molecule has 0 aliphatic heterocycles. The van der Waals surface area contributed by atoms with Crippen LogP contribution < -0.4 is 5.73 Å². The summed E-state index contributed by atoms with van der Waals surface area (Å²) in [5.74, 6) is 0.161. The monoisotopic (exact) mass is 157 g/mol. The Morgan fingerprint density at radius 2 is 2.00 bits per heavy atom. The fourth-order valence-corrected chi connectivity index (χ4v) is 1.22. The highest BCUT2D eigenvalue weighted by Gasteiger charge is 2.33. The lowest BCUT2D eigenvalue weighted by molar-refractivity contribution is -0.129. The van der Waals surface area contributed by atoms with Gasteiger partial charge in [-0.15, -0.1) is 0 Å². The average Bonchev–Trinajstić information content (AvgIpc) is 1.87. The maximum Gasteiger partial charge on any atom is 0.223 e. The van der Waals surface area contributed by atoms with E-state index in [1.807, 2.05) is 20.8 Å². The van der Waals surface area contributed by atoms with Gasteiger partial charge < -0.3 is 5.73 Å². The number of carbonyl (C=O) groups excluding carboxylic acids is 1. The van der Waals surface area contributed by atoms with Crippen LogP contribution in [0.1, 0.15) is 40.5 Å². The Bertz CT molecular complexity index is 142. The predicted molar refractivity (Wildman–Crippen MR) is 47.0 cm³/mol. The number of primary amides is 1. The Labute approximate surface area is 69.2 Å². The molecule has 0 spiro atoms. The second-order valence-electron chi connectivity index (χ2n) is 3.69. The lowest BCUT2D eigenvalue weighted by Gasteiger charge is -2.29. The van der Waals surface area contributed by atoms with Crippen molar-refractivity contribution in [1.82, 2.24) is 0 Å². The van der Waals surface area contributed by atoms with Crippen LogP contribution in [0.5, 0.6) is 0 Å². The lowest BCUT2D eigenvalue weighted by atomic mass is 9.75. The van der Waals surface area contributed by atoms with Crippen molar-refractivity contribution in [2.75, 3.05) is 0 Å². The van der Waals surface area contributed by atoms with Crippen LogP contribution in [0.25, 0.3) is 0 Å². The molecule has 0 radical (unpaired) electrons. The summed E-state index contributed by atoms with van der Waals surface area (Å²) in [5.41, 5.74) is 5.01. The Hall–Kier alpha value is -0.530. The Morgan fingerprint density at radius 3 is 2.09 bits per heavy atom. The van der Waals surface area contributed by atoms with Crippen molar-refractivity contribution in [2.45, 2.75) is 40.5 Å². The average molecular weight is 157 g/mol. The topological polar surface area (TPSA) is 43.1 Å². The second-order valence-corrected chi connectivity index (χ2v) is 3.69. The molecular formula is C9H19NO. The van der Waals surface area contributed by atoms with Gasteiger partial charge in [0, 0.05) is 5.41 Å². The summed E-state index contributed by atoms with van der Waals surface area (Å²) in [7, 11) is 0. The van der Waals surface area contributed by atoms with Crippen molar-refractivity contribution in [3.63, 3.8) is 0 Å². The minimum absolute atomic E-state index is 0.172. The van der Waals surface area contributed by atoms with E-state index in [-0.39, 0.29) is 11.3 Å². The first-order valence-corrected chi connectivity index (χ1v) is 4.25. The van der Waals surface area contributed by atoms with E-state index in [1.165, 1.54) is 0 Å². The van der Waals surface area contributed by atoms with Crippen molar-refractivity contribution in [2.24, 2.45) is 17.1 Å². The van der Waals surface area contributed by atoms with Crippen molar-refractivity contribution in [3.05, 3.63) is 0 Å². The van der Waals surface area contributed by atoms with Crippen molar-refractivity contribution in [1.29, 1.82) is 0 Å². The van der Waals surface area contributed by atoms with Gasteiger partial charge >= 0.3 is 0 Å². The van der Waals surface area contributed by atoms with Crippen LogP contribution in [0.15, 0.2) is 0 Å². The molecule has 0 aromatic rings. The normalized spacial score (nSPS) is 16.5. The molecule has 0 aromatic carbocycles. The van der Waals surface area contributed by atoms with Gasteiger partial charge in [-0.3, -0.25) is 4.79 Å². The van der Waals surface area contributed by atoms with E-state index in [2.05, 4.69) is 6.92 Å². The number of amides is 1. The minimum atomic E-state index is -0.311. The molecule has 11 heavy (non-hydrogen) atoms. The van der Waals surface area contributed by atoms with Crippen LogP contribution >= 0.6 is 0 Å². The summed E-state index contributed by atoms with van der Waals surface area (Å²) >= 11 is 0. The minimum Gasteiger partial charge on any atom is -0.369 e. The maximum absolute atomic E-state index is 11.1. The quantitative estimate of drug-likeness (QED) is 0.665. The van der Waals surface area contributed by atoms with Crippen LogP contribution in [-0.2, 0) is 4.79 Å². The number of rotatable bonds is 4. The number of hydrogen-bond acceptors (Lipinski definition) is 1. The summed E-state index contributed by atoms with van der Waals surface area (Å²) in [5, 5.41) is 0. The van der Waals surface area contributed by atoms with Gasteiger partial charge in [0.25, 0.3) is 0 Å². The molecule has 0 heterocycles. The van der Waals surface area contributed by atoms with Gasteiger partial charge in [0.2, 0.25) is 5.91 Å². The van der Waals surface area contributed by atoms with Gasteiger partial charge in [0.1, 0.15) is 0 Å². The summed E-state index contributed by atoms with van der Waals surface area (Å²) in [6.07, 6.45) is 1.90. The van der Waals surface area contributed by atoms with E-state index >= 15 is 0 Å². The fourth-order valence-electron chi connectivity index (χ4n) is 1.22. The molecule has 1 amide bonds. The van der Waals surface area contributed by atoms with E-state index in [0.717, 1.165) is 12.8 Å². The molecular weight excluding hydrogens is 138 g/mol. The van der Waals surface area contributed by atoms with Crippen LogP contribution in [0.2, 0.25) is 0 Å². The first-order chi connectivity index (χ1) is 4.95. The summed E-state index contributed by atoms with van der Waals surface area (Å²) in [6.45, 7) is 8.11. The number of hydrogen-bond donors (Lipinski definition) is 1. The van der Waals surface area contributed by atoms with E-state index in [0.29, 0.717) is 5.92 Å². The number of nitrogens with two attached hydrogens (primary N) is 1. The van der Waals surface area contributed by atoms with Crippen LogP contribution in [0.3, 0.4) is 0 Å². The molecule has 2 nitrogen and oxygen atoms in total. The SMILES string of the molecule is CCCC(C)(C(N)=O)C(C)C. The molecule has 0 aromatic heterocycles. The van der Waals surface area contributed by atoms with Gasteiger partial charge in [-0.2, -0.15) is 0 Å². The van der Waals surface area contributed by atoms with E-state index in [9.17, 15) is 4.79 Å². The highest BCUT2D eigenvalue weighted by atomic mass is 16.1. The molecule has 0 rings (SSSR count). The smallest absolute Gasteiger partial charge is 0.223 e. The van der Waals surface area contributed by atoms with Gasteiger partial charge in [0.15, 0.2) is 0 Å². The van der Waals surface area contributed by atoms with Crippen molar-refractivity contribution < 1.29 is 4.79 Å². The summed E-state index contributed by atoms with van der Waals surface area (Å²) in [4.78, 5) is 11.1. The highest BCUT2D eigenvalue weighted by Crippen LogP contribution is 2.31. The van der Waals surface area contributed by atoms with Gasteiger partial charge in [-0.05, 0) is 12.3 Å². The van der Waals surface area contributed by atoms with E-state index in [1.54, 1.807) is 0 Å². The van der Waals surface area contributed by atoms with Gasteiger partial charge in [-0.1, -0.05) is 34.1 Å². The molecule has 66 valence electrons. The van der Waals surface area contributed by atoms with Gasteiger partial charge in [0.05, 0.1) is 0 Å². The van der Waals surface area contributed by atoms with Crippen LogP contribution in [-0.4, -0.2) is 5.91 Å². The molecule has 2 N–H and O–H groups in total. The van der Waals surface area contributed by atoms with Crippen LogP contribution in [0.4, 0.5) is 0 Å². The maximum atomic E-state index is 11.1. The predicted octanol–water partition coefficient (Wildman–Crippen LogP) is 1.93. The molecule has 0 fully saturated rings. The zero-order valence-corrected chi connectivity index (χ0v) is 7.98. The Morgan fingerprint density at radius 1 is 1.55 bits per heavy atom. The lowest BCUT2D eigenvalue weighted by Crippen LogP contribution is -2.38. The largest absolute Gasteiger partial charge is 0.369 e. The van der Waals surface area contributed by atoms with Crippen molar-refractivity contribution in [3.8, 4) is 0 Å². The van der Waals surface area contributed by atoms with Crippen molar-refractivity contribution >= 4 is 5.91 Å². The molecule has 0 aliphatic rings. The molecule has 0 aliphatic carbocycles. The Balaban J connectivity index is 4.38. The third-order valence-corrected chi connectivity index (χ3v) is 2.61.